The molecule has 0 atom stereocenters. The maximum Gasteiger partial charge on any atom is 0.223 e. The molecule has 0 unspecified atom stereocenters. The van der Waals surface area contributed by atoms with E-state index < -0.39 is 0 Å². The van der Waals surface area contributed by atoms with Crippen molar-refractivity contribution in [3.63, 3.8) is 0 Å². The van der Waals surface area contributed by atoms with Crippen LogP contribution in [0.25, 0.3) is 0 Å². The Morgan fingerprint density at radius 2 is 1.67 bits per heavy atom. The molecule has 0 spiro atoms. The minimum atomic E-state index is 0. The largest absolute Gasteiger partial charge is 0.368 e. The van der Waals surface area contributed by atoms with Gasteiger partial charge in [-0.25, -0.2) is 0 Å². The fourth-order valence-electron chi connectivity index (χ4n) is 1.49. The molecule has 18 heavy (non-hydrogen) atoms. The van der Waals surface area contributed by atoms with Crippen molar-refractivity contribution >= 4 is 47.5 Å². The first kappa shape index (κ1) is 14.9. The highest BCUT2D eigenvalue weighted by Crippen LogP contribution is 2.23. The molecule has 0 radical (unpaired) electrons. The molecule has 2 aromatic rings. The van der Waals surface area contributed by atoms with Gasteiger partial charge in [0.05, 0.1) is 10.0 Å². The third-order valence-electron chi connectivity index (χ3n) is 2.42. The minimum Gasteiger partial charge on any atom is -0.368 e. The highest BCUT2D eigenvalue weighted by atomic mass is 35.5. The van der Waals surface area contributed by atoms with Crippen LogP contribution in [-0.4, -0.2) is 14.8 Å². The molecule has 8 heteroatoms. The van der Waals surface area contributed by atoms with Gasteiger partial charge in [0, 0.05) is 6.54 Å². The number of anilines is 2. The third-order valence-corrected chi connectivity index (χ3v) is 3.16. The van der Waals surface area contributed by atoms with Gasteiger partial charge in [-0.1, -0.05) is 29.3 Å². The van der Waals surface area contributed by atoms with E-state index in [-0.39, 0.29) is 12.4 Å². The molecule has 1 heterocycles. The lowest BCUT2D eigenvalue weighted by Crippen LogP contribution is -2.08. The van der Waals surface area contributed by atoms with E-state index in [1.807, 2.05) is 12.1 Å². The summed E-state index contributed by atoms with van der Waals surface area (Å²) in [7, 11) is 0. The van der Waals surface area contributed by atoms with Gasteiger partial charge in [-0.15, -0.1) is 22.6 Å². The zero-order chi connectivity index (χ0) is 12.4. The molecular formula is C10H12Cl3N5. The standard InChI is InChI=1S/C10H11Cl2N5.ClH/c11-7-2-1-6(5-8(7)12)3-4-17-9(13)15-16-10(17)14;/h1-2,5H,3-4H2,(H2,13,15)(H2,14,16);1H. The smallest absolute Gasteiger partial charge is 0.223 e. The molecule has 0 amide bonds. The first-order valence-electron chi connectivity index (χ1n) is 4.96. The molecule has 0 aliphatic heterocycles. The molecule has 0 bridgehead atoms. The molecule has 0 aliphatic carbocycles. The molecule has 1 aromatic carbocycles. The summed E-state index contributed by atoms with van der Waals surface area (Å²) in [5, 5.41) is 8.43. The molecule has 0 saturated heterocycles. The average molecular weight is 309 g/mol. The Bertz CT molecular complexity index is 521. The van der Waals surface area contributed by atoms with E-state index in [0.29, 0.717) is 28.5 Å². The minimum absolute atomic E-state index is 0. The molecule has 5 nitrogen and oxygen atoms in total. The first-order chi connectivity index (χ1) is 8.08. The van der Waals surface area contributed by atoms with Crippen LogP contribution in [0.5, 0.6) is 0 Å². The van der Waals surface area contributed by atoms with Crippen molar-refractivity contribution in [2.75, 3.05) is 11.5 Å². The molecule has 1 aromatic heterocycles. The monoisotopic (exact) mass is 307 g/mol. The summed E-state index contributed by atoms with van der Waals surface area (Å²) < 4.78 is 1.64. The number of rotatable bonds is 3. The Balaban J connectivity index is 0.00000162. The van der Waals surface area contributed by atoms with Crippen LogP contribution >= 0.6 is 35.6 Å². The fraction of sp³-hybridized carbons (Fsp3) is 0.200. The second kappa shape index (κ2) is 6.13. The third kappa shape index (κ3) is 3.19. The molecule has 0 fully saturated rings. The van der Waals surface area contributed by atoms with Gasteiger partial charge in [0.2, 0.25) is 11.9 Å². The van der Waals surface area contributed by atoms with Crippen molar-refractivity contribution in [2.24, 2.45) is 0 Å². The Hall–Kier alpha value is -1.17. The van der Waals surface area contributed by atoms with Gasteiger partial charge in [0.25, 0.3) is 0 Å². The van der Waals surface area contributed by atoms with Crippen molar-refractivity contribution in [2.45, 2.75) is 13.0 Å². The van der Waals surface area contributed by atoms with E-state index in [1.165, 1.54) is 0 Å². The van der Waals surface area contributed by atoms with Gasteiger partial charge in [-0.3, -0.25) is 4.57 Å². The lowest BCUT2D eigenvalue weighted by Gasteiger charge is -2.06. The van der Waals surface area contributed by atoms with Crippen molar-refractivity contribution in [1.82, 2.24) is 14.8 Å². The Labute approximate surface area is 120 Å². The number of benzene rings is 1. The predicted molar refractivity (Wildman–Crippen MR) is 76.3 cm³/mol. The average Bonchev–Trinajstić information content (AvgIpc) is 2.61. The summed E-state index contributed by atoms with van der Waals surface area (Å²) in [6, 6.07) is 5.49. The Kier molecular flexibility index (Phi) is 5.07. The van der Waals surface area contributed by atoms with E-state index in [1.54, 1.807) is 10.6 Å². The van der Waals surface area contributed by atoms with Crippen LogP contribution in [0.4, 0.5) is 11.9 Å². The number of hydrogen-bond donors (Lipinski definition) is 2. The first-order valence-corrected chi connectivity index (χ1v) is 5.71. The summed E-state index contributed by atoms with van der Waals surface area (Å²) in [5.74, 6) is 0.616. The molecule has 2 rings (SSSR count). The van der Waals surface area contributed by atoms with Gasteiger partial charge in [-0.05, 0) is 24.1 Å². The SMILES string of the molecule is Cl.Nc1nnc(N)n1CCc1ccc(Cl)c(Cl)c1. The van der Waals surface area contributed by atoms with Gasteiger partial charge < -0.3 is 11.5 Å². The van der Waals surface area contributed by atoms with Crippen LogP contribution in [0.3, 0.4) is 0 Å². The molecule has 98 valence electrons. The van der Waals surface area contributed by atoms with Crippen LogP contribution in [0.2, 0.25) is 10.0 Å². The van der Waals surface area contributed by atoms with Gasteiger partial charge in [0.15, 0.2) is 0 Å². The lowest BCUT2D eigenvalue weighted by atomic mass is 10.1. The van der Waals surface area contributed by atoms with E-state index in [2.05, 4.69) is 10.2 Å². The lowest BCUT2D eigenvalue weighted by molar-refractivity contribution is 0.712. The summed E-state index contributed by atoms with van der Waals surface area (Å²) in [6.07, 6.45) is 0.726. The van der Waals surface area contributed by atoms with Crippen molar-refractivity contribution in [3.8, 4) is 0 Å². The highest BCUT2D eigenvalue weighted by Gasteiger charge is 2.06. The molecule has 0 aliphatic rings. The fourth-order valence-corrected chi connectivity index (χ4v) is 1.81. The topological polar surface area (TPSA) is 82.8 Å². The number of hydrogen-bond acceptors (Lipinski definition) is 4. The number of halogens is 3. The van der Waals surface area contributed by atoms with Gasteiger partial charge in [0.1, 0.15) is 0 Å². The normalized spacial score (nSPS) is 10.1. The van der Waals surface area contributed by atoms with E-state index >= 15 is 0 Å². The van der Waals surface area contributed by atoms with E-state index in [4.69, 9.17) is 34.7 Å². The van der Waals surface area contributed by atoms with E-state index in [9.17, 15) is 0 Å². The maximum absolute atomic E-state index is 5.92. The van der Waals surface area contributed by atoms with Crippen LogP contribution in [-0.2, 0) is 13.0 Å². The Morgan fingerprint density at radius 1 is 1.06 bits per heavy atom. The Morgan fingerprint density at radius 3 is 2.22 bits per heavy atom. The number of aromatic nitrogens is 3. The number of nitrogen functional groups attached to an aromatic ring is 2. The molecule has 0 saturated carbocycles. The highest BCUT2D eigenvalue weighted by molar-refractivity contribution is 6.42. The van der Waals surface area contributed by atoms with E-state index in [0.717, 1.165) is 12.0 Å². The summed E-state index contributed by atoms with van der Waals surface area (Å²) >= 11 is 11.8. The second-order valence-corrected chi connectivity index (χ2v) is 4.38. The number of aryl methyl sites for hydroxylation is 1. The van der Waals surface area contributed by atoms with Gasteiger partial charge >= 0.3 is 0 Å². The summed E-state index contributed by atoms with van der Waals surface area (Å²) in [4.78, 5) is 0. The van der Waals surface area contributed by atoms with Crippen LogP contribution in [0.15, 0.2) is 18.2 Å². The second-order valence-electron chi connectivity index (χ2n) is 3.57. The quantitative estimate of drug-likeness (QED) is 0.912. The summed E-state index contributed by atoms with van der Waals surface area (Å²) in [5.41, 5.74) is 12.3. The number of nitrogens with two attached hydrogens (primary N) is 2. The molecular weight excluding hydrogens is 297 g/mol. The van der Waals surface area contributed by atoms with Crippen molar-refractivity contribution in [3.05, 3.63) is 33.8 Å². The van der Waals surface area contributed by atoms with Crippen LogP contribution < -0.4 is 11.5 Å². The van der Waals surface area contributed by atoms with Crippen molar-refractivity contribution in [1.29, 1.82) is 0 Å². The summed E-state index contributed by atoms with van der Waals surface area (Å²) in [6.45, 7) is 0.600. The van der Waals surface area contributed by atoms with Gasteiger partial charge in [-0.2, -0.15) is 0 Å². The predicted octanol–water partition coefficient (Wildman–Crippen LogP) is 2.41. The van der Waals surface area contributed by atoms with Crippen LogP contribution in [0, 0.1) is 0 Å². The maximum atomic E-state index is 5.92. The zero-order valence-electron chi connectivity index (χ0n) is 9.31. The van der Waals surface area contributed by atoms with Crippen LogP contribution in [0.1, 0.15) is 5.56 Å². The van der Waals surface area contributed by atoms with Crippen molar-refractivity contribution < 1.29 is 0 Å². The zero-order valence-corrected chi connectivity index (χ0v) is 11.6. The number of nitrogens with zero attached hydrogens (tertiary/aromatic N) is 3. The molecule has 4 N–H and O–H groups in total.